The number of aryl methyl sites for hydroxylation is 1. The number of aromatic nitrogens is 1. The molecular formula is C20H14FNO. The number of hydrogen-bond donors (Lipinski definition) is 0. The number of halogens is 1. The zero-order chi connectivity index (χ0) is 16.0. The smallest absolute Gasteiger partial charge is 0.197 e. The van der Waals surface area contributed by atoms with Crippen molar-refractivity contribution in [2.24, 2.45) is 7.05 Å². The molecule has 23 heavy (non-hydrogen) atoms. The highest BCUT2D eigenvalue weighted by molar-refractivity contribution is 5.95. The van der Waals surface area contributed by atoms with Gasteiger partial charge in [0.25, 0.3) is 0 Å². The van der Waals surface area contributed by atoms with Crippen LogP contribution in [0.2, 0.25) is 0 Å². The Bertz CT molecular complexity index is 1100. The monoisotopic (exact) mass is 303 g/mol. The Kier molecular flexibility index (Phi) is 3.01. The fourth-order valence-electron chi connectivity index (χ4n) is 3.07. The molecule has 0 N–H and O–H groups in total. The average molecular weight is 303 g/mol. The van der Waals surface area contributed by atoms with Crippen molar-refractivity contribution in [3.8, 4) is 11.1 Å². The highest BCUT2D eigenvalue weighted by Crippen LogP contribution is 2.25. The standard InChI is InChI=1S/C20H14FNO/c1-22-18-10-8-15(21)12-17(18)20(23)16-9-7-14(11-19(16)22)13-5-3-2-4-6-13/h2-12H,1H3. The van der Waals surface area contributed by atoms with Gasteiger partial charge in [-0.25, -0.2) is 4.39 Å². The van der Waals surface area contributed by atoms with Crippen LogP contribution in [-0.2, 0) is 7.05 Å². The van der Waals surface area contributed by atoms with E-state index in [1.165, 1.54) is 12.1 Å². The number of pyridine rings is 1. The minimum Gasteiger partial charge on any atom is -0.343 e. The van der Waals surface area contributed by atoms with E-state index in [2.05, 4.69) is 0 Å². The summed E-state index contributed by atoms with van der Waals surface area (Å²) in [6.07, 6.45) is 0. The Morgan fingerprint density at radius 2 is 1.57 bits per heavy atom. The van der Waals surface area contributed by atoms with Crippen molar-refractivity contribution in [2.75, 3.05) is 0 Å². The maximum atomic E-state index is 13.5. The maximum absolute atomic E-state index is 13.5. The second kappa shape index (κ2) is 5.06. The number of fused-ring (bicyclic) bond motifs is 2. The molecule has 0 saturated carbocycles. The molecule has 1 aromatic heterocycles. The summed E-state index contributed by atoms with van der Waals surface area (Å²) in [5, 5.41) is 1.01. The van der Waals surface area contributed by atoms with Crippen LogP contribution in [0.25, 0.3) is 32.9 Å². The normalized spacial score (nSPS) is 11.2. The Labute approximate surface area is 132 Å². The first-order valence-electron chi connectivity index (χ1n) is 7.42. The number of hydrogen-bond acceptors (Lipinski definition) is 1. The molecule has 0 aliphatic carbocycles. The van der Waals surface area contributed by atoms with Gasteiger partial charge in [-0.3, -0.25) is 4.79 Å². The molecule has 0 radical (unpaired) electrons. The summed E-state index contributed by atoms with van der Waals surface area (Å²) in [5.41, 5.74) is 3.59. The summed E-state index contributed by atoms with van der Waals surface area (Å²) >= 11 is 0. The minimum atomic E-state index is -0.394. The van der Waals surface area contributed by atoms with Gasteiger partial charge in [0.15, 0.2) is 5.43 Å². The van der Waals surface area contributed by atoms with E-state index in [1.54, 1.807) is 6.07 Å². The lowest BCUT2D eigenvalue weighted by Crippen LogP contribution is -2.09. The van der Waals surface area contributed by atoms with Gasteiger partial charge in [-0.2, -0.15) is 0 Å². The Morgan fingerprint density at radius 1 is 0.783 bits per heavy atom. The van der Waals surface area contributed by atoms with Crippen molar-refractivity contribution < 1.29 is 4.39 Å². The van der Waals surface area contributed by atoms with E-state index in [-0.39, 0.29) is 5.43 Å². The molecule has 1 heterocycles. The lowest BCUT2D eigenvalue weighted by Gasteiger charge is -2.12. The number of benzene rings is 3. The van der Waals surface area contributed by atoms with E-state index in [4.69, 9.17) is 0 Å². The highest BCUT2D eigenvalue weighted by atomic mass is 19.1. The van der Waals surface area contributed by atoms with Crippen molar-refractivity contribution >= 4 is 21.8 Å². The fourth-order valence-corrected chi connectivity index (χ4v) is 3.07. The van der Waals surface area contributed by atoms with Crippen LogP contribution in [0.5, 0.6) is 0 Å². The third kappa shape index (κ3) is 2.13. The zero-order valence-corrected chi connectivity index (χ0v) is 12.6. The van der Waals surface area contributed by atoms with Gasteiger partial charge in [0, 0.05) is 17.8 Å². The molecule has 0 bridgehead atoms. The molecule has 0 saturated heterocycles. The lowest BCUT2D eigenvalue weighted by atomic mass is 10.0. The molecule has 0 atom stereocenters. The maximum Gasteiger partial charge on any atom is 0.197 e. The van der Waals surface area contributed by atoms with Crippen LogP contribution < -0.4 is 5.43 Å². The summed E-state index contributed by atoms with van der Waals surface area (Å²) in [5.74, 6) is -0.394. The SMILES string of the molecule is Cn1c2ccc(F)cc2c(=O)c2ccc(-c3ccccc3)cc21. The van der Waals surface area contributed by atoms with Gasteiger partial charge in [0.05, 0.1) is 11.0 Å². The van der Waals surface area contributed by atoms with Gasteiger partial charge in [-0.1, -0.05) is 36.4 Å². The van der Waals surface area contributed by atoms with Crippen LogP contribution in [0, 0.1) is 5.82 Å². The molecule has 0 spiro atoms. The van der Waals surface area contributed by atoms with Gasteiger partial charge in [-0.05, 0) is 41.5 Å². The van der Waals surface area contributed by atoms with Gasteiger partial charge in [0.2, 0.25) is 0 Å². The zero-order valence-electron chi connectivity index (χ0n) is 12.6. The van der Waals surface area contributed by atoms with Crippen molar-refractivity contribution in [1.29, 1.82) is 0 Å². The summed E-state index contributed by atoms with van der Waals surface area (Å²) < 4.78 is 15.4. The molecule has 3 heteroatoms. The lowest BCUT2D eigenvalue weighted by molar-refractivity contribution is 0.629. The highest BCUT2D eigenvalue weighted by Gasteiger charge is 2.10. The second-order valence-electron chi connectivity index (χ2n) is 5.65. The molecule has 4 rings (SSSR count). The predicted octanol–water partition coefficient (Wildman–Crippen LogP) is 4.50. The third-order valence-electron chi connectivity index (χ3n) is 4.28. The second-order valence-corrected chi connectivity index (χ2v) is 5.65. The van der Waals surface area contributed by atoms with Crippen LogP contribution in [0.15, 0.2) is 71.5 Å². The molecule has 2 nitrogen and oxygen atoms in total. The van der Waals surface area contributed by atoms with E-state index in [0.717, 1.165) is 22.2 Å². The van der Waals surface area contributed by atoms with E-state index >= 15 is 0 Å². The van der Waals surface area contributed by atoms with Crippen molar-refractivity contribution in [1.82, 2.24) is 4.57 Å². The molecule has 0 aliphatic heterocycles. The summed E-state index contributed by atoms with van der Waals surface area (Å²) in [7, 11) is 1.90. The first kappa shape index (κ1) is 13.7. The minimum absolute atomic E-state index is 0.132. The van der Waals surface area contributed by atoms with E-state index in [1.807, 2.05) is 60.1 Å². The van der Waals surface area contributed by atoms with Gasteiger partial charge >= 0.3 is 0 Å². The summed E-state index contributed by atoms with van der Waals surface area (Å²) in [6.45, 7) is 0. The predicted molar refractivity (Wildman–Crippen MR) is 92.1 cm³/mol. The molecule has 0 fully saturated rings. The molecule has 0 aliphatic rings. The van der Waals surface area contributed by atoms with E-state index < -0.39 is 5.82 Å². The molecular weight excluding hydrogens is 289 g/mol. The quantitative estimate of drug-likeness (QED) is 0.475. The third-order valence-corrected chi connectivity index (χ3v) is 4.28. The van der Waals surface area contributed by atoms with E-state index in [0.29, 0.717) is 10.8 Å². The van der Waals surface area contributed by atoms with Gasteiger partial charge in [-0.15, -0.1) is 0 Å². The van der Waals surface area contributed by atoms with Crippen LogP contribution in [0.4, 0.5) is 4.39 Å². The van der Waals surface area contributed by atoms with Gasteiger partial charge in [0.1, 0.15) is 5.82 Å². The van der Waals surface area contributed by atoms with Crippen molar-refractivity contribution in [2.45, 2.75) is 0 Å². The summed E-state index contributed by atoms with van der Waals surface area (Å²) in [4.78, 5) is 12.7. The molecule has 4 aromatic rings. The Hall–Kier alpha value is -2.94. The Balaban J connectivity index is 2.10. The number of nitrogens with zero attached hydrogens (tertiary/aromatic N) is 1. The average Bonchev–Trinajstić information content (AvgIpc) is 2.60. The first-order chi connectivity index (χ1) is 11.1. The van der Waals surface area contributed by atoms with Crippen molar-refractivity contribution in [3.05, 3.63) is 82.8 Å². The Morgan fingerprint density at radius 3 is 2.35 bits per heavy atom. The van der Waals surface area contributed by atoms with Crippen LogP contribution in [0.3, 0.4) is 0 Å². The van der Waals surface area contributed by atoms with Crippen molar-refractivity contribution in [3.63, 3.8) is 0 Å². The number of rotatable bonds is 1. The summed E-state index contributed by atoms with van der Waals surface area (Å²) in [6, 6.07) is 20.1. The largest absolute Gasteiger partial charge is 0.343 e. The molecule has 0 amide bonds. The first-order valence-corrected chi connectivity index (χ1v) is 7.42. The van der Waals surface area contributed by atoms with Gasteiger partial charge < -0.3 is 4.57 Å². The molecule has 112 valence electrons. The topological polar surface area (TPSA) is 22.0 Å². The van der Waals surface area contributed by atoms with Crippen LogP contribution in [-0.4, -0.2) is 4.57 Å². The van der Waals surface area contributed by atoms with Crippen LogP contribution in [0.1, 0.15) is 0 Å². The van der Waals surface area contributed by atoms with Crippen LogP contribution >= 0.6 is 0 Å². The van der Waals surface area contributed by atoms with E-state index in [9.17, 15) is 9.18 Å². The molecule has 3 aromatic carbocycles. The fraction of sp³-hybridized carbons (Fsp3) is 0.0500. The molecule has 0 unspecified atom stereocenters.